The molecule has 108 valence electrons. The lowest BCUT2D eigenvalue weighted by atomic mass is 9.80. The van der Waals surface area contributed by atoms with Crippen molar-refractivity contribution in [1.82, 2.24) is 4.90 Å². The Morgan fingerprint density at radius 3 is 2.32 bits per heavy atom. The molecule has 2 aliphatic rings. The molecule has 0 bridgehead atoms. The predicted octanol–water partition coefficient (Wildman–Crippen LogP) is 2.80. The Bertz CT molecular complexity index is 338. The summed E-state index contributed by atoms with van der Waals surface area (Å²) < 4.78 is 0. The molecule has 2 rings (SSSR count). The second-order valence-electron chi connectivity index (χ2n) is 5.93. The maximum atomic E-state index is 11.3. The Kier molecular flexibility index (Phi) is 4.66. The highest BCUT2D eigenvalue weighted by atomic mass is 16.4. The first-order valence-corrected chi connectivity index (χ1v) is 7.30. The van der Waals surface area contributed by atoms with Gasteiger partial charge in [-0.2, -0.15) is 0 Å². The van der Waals surface area contributed by atoms with Crippen molar-refractivity contribution in [3.8, 4) is 0 Å². The molecule has 5 heteroatoms. The van der Waals surface area contributed by atoms with Crippen LogP contribution in [0.2, 0.25) is 0 Å². The second kappa shape index (κ2) is 6.26. The van der Waals surface area contributed by atoms with Gasteiger partial charge in [0, 0.05) is 12.6 Å². The minimum absolute atomic E-state index is 0.101. The van der Waals surface area contributed by atoms with Gasteiger partial charge < -0.3 is 15.1 Å². The first-order chi connectivity index (χ1) is 9.08. The zero-order valence-corrected chi connectivity index (χ0v) is 11.3. The van der Waals surface area contributed by atoms with E-state index in [1.807, 2.05) is 0 Å². The van der Waals surface area contributed by atoms with E-state index in [1.165, 1.54) is 37.0 Å². The predicted molar refractivity (Wildman–Crippen MR) is 70.1 cm³/mol. The fourth-order valence-electron chi connectivity index (χ4n) is 3.56. The lowest BCUT2D eigenvalue weighted by Gasteiger charge is -2.38. The fraction of sp³-hybridized carbons (Fsp3) is 0.857. The van der Waals surface area contributed by atoms with Crippen LogP contribution in [0.1, 0.15) is 51.4 Å². The number of carbonyl (C=O) groups is 2. The van der Waals surface area contributed by atoms with Gasteiger partial charge in [0.15, 0.2) is 0 Å². The van der Waals surface area contributed by atoms with Crippen molar-refractivity contribution < 1.29 is 19.8 Å². The van der Waals surface area contributed by atoms with Crippen LogP contribution < -0.4 is 0 Å². The van der Waals surface area contributed by atoms with Crippen LogP contribution in [0.5, 0.6) is 0 Å². The fourth-order valence-corrected chi connectivity index (χ4v) is 3.56. The molecular formula is C14H23NO4. The van der Waals surface area contributed by atoms with Gasteiger partial charge in [0.2, 0.25) is 0 Å². The number of piperidine rings is 1. The molecule has 0 radical (unpaired) electrons. The van der Waals surface area contributed by atoms with Gasteiger partial charge >= 0.3 is 12.1 Å². The Morgan fingerprint density at radius 2 is 1.74 bits per heavy atom. The average Bonchev–Trinajstić information content (AvgIpc) is 2.39. The average molecular weight is 269 g/mol. The summed E-state index contributed by atoms with van der Waals surface area (Å²) in [6.07, 6.45) is 6.95. The number of hydrogen-bond donors (Lipinski definition) is 2. The molecule has 2 fully saturated rings. The number of nitrogens with zero attached hydrogens (tertiary/aromatic N) is 1. The highest BCUT2D eigenvalue weighted by Crippen LogP contribution is 2.33. The molecule has 2 N–H and O–H groups in total. The number of aliphatic carboxylic acids is 1. The van der Waals surface area contributed by atoms with Gasteiger partial charge in [-0.1, -0.05) is 32.1 Å². The molecule has 1 amide bonds. The third-order valence-corrected chi connectivity index (χ3v) is 4.64. The third-order valence-electron chi connectivity index (χ3n) is 4.64. The molecule has 1 aliphatic carbocycles. The van der Waals surface area contributed by atoms with Gasteiger partial charge in [-0.15, -0.1) is 0 Å². The van der Waals surface area contributed by atoms with Crippen LogP contribution in [-0.2, 0) is 4.79 Å². The molecule has 1 aliphatic heterocycles. The van der Waals surface area contributed by atoms with E-state index in [2.05, 4.69) is 0 Å². The number of hydrogen-bond acceptors (Lipinski definition) is 2. The summed E-state index contributed by atoms with van der Waals surface area (Å²) in [5, 5.41) is 18.4. The van der Waals surface area contributed by atoms with E-state index in [4.69, 9.17) is 5.11 Å². The van der Waals surface area contributed by atoms with Crippen LogP contribution in [0.15, 0.2) is 0 Å². The Balaban J connectivity index is 1.98. The van der Waals surface area contributed by atoms with E-state index in [0.717, 1.165) is 6.42 Å². The minimum Gasteiger partial charge on any atom is -0.481 e. The number of carboxylic acids is 1. The van der Waals surface area contributed by atoms with E-state index >= 15 is 0 Å². The summed E-state index contributed by atoms with van der Waals surface area (Å²) in [6.45, 7) is 0.365. The lowest BCUT2D eigenvalue weighted by Crippen LogP contribution is -2.47. The molecule has 1 heterocycles. The number of amides is 1. The van der Waals surface area contributed by atoms with Crippen molar-refractivity contribution in [3.05, 3.63) is 0 Å². The number of likely N-dealkylation sites (tertiary alicyclic amines) is 1. The van der Waals surface area contributed by atoms with Crippen molar-refractivity contribution in [2.75, 3.05) is 6.54 Å². The summed E-state index contributed by atoms with van der Waals surface area (Å²) in [6, 6.07) is -0.101. The summed E-state index contributed by atoms with van der Waals surface area (Å²) in [4.78, 5) is 23.8. The minimum atomic E-state index is -0.898. The van der Waals surface area contributed by atoms with Gasteiger partial charge in [0.1, 0.15) is 0 Å². The van der Waals surface area contributed by atoms with Crippen LogP contribution in [-0.4, -0.2) is 39.8 Å². The maximum absolute atomic E-state index is 11.3. The molecule has 2 unspecified atom stereocenters. The van der Waals surface area contributed by atoms with E-state index in [1.54, 1.807) is 0 Å². The summed E-state index contributed by atoms with van der Waals surface area (Å²) >= 11 is 0. The van der Waals surface area contributed by atoms with E-state index in [-0.39, 0.29) is 12.0 Å². The lowest BCUT2D eigenvalue weighted by molar-refractivity contribution is -0.144. The van der Waals surface area contributed by atoms with Crippen LogP contribution >= 0.6 is 0 Å². The standard InChI is InChI=1S/C14H23NO4/c16-13(17)11-6-7-15(14(18)19)12(9-11)8-10-4-2-1-3-5-10/h10-12H,1-9H2,(H,16,17)(H,18,19). The topological polar surface area (TPSA) is 77.8 Å². The van der Waals surface area contributed by atoms with E-state index in [0.29, 0.717) is 25.3 Å². The van der Waals surface area contributed by atoms with Crippen molar-refractivity contribution in [3.63, 3.8) is 0 Å². The first kappa shape index (κ1) is 14.2. The molecule has 5 nitrogen and oxygen atoms in total. The van der Waals surface area contributed by atoms with E-state index < -0.39 is 12.1 Å². The van der Waals surface area contributed by atoms with Crippen molar-refractivity contribution in [2.45, 2.75) is 57.4 Å². The SMILES string of the molecule is O=C(O)C1CCN(C(=O)O)C(CC2CCCCC2)C1. The Morgan fingerprint density at radius 1 is 1.05 bits per heavy atom. The molecular weight excluding hydrogens is 246 g/mol. The van der Waals surface area contributed by atoms with Gasteiger partial charge in [0.25, 0.3) is 0 Å². The molecule has 0 aromatic rings. The van der Waals surface area contributed by atoms with Crippen molar-refractivity contribution >= 4 is 12.1 Å². The monoisotopic (exact) mass is 269 g/mol. The van der Waals surface area contributed by atoms with Crippen LogP contribution in [0.25, 0.3) is 0 Å². The van der Waals surface area contributed by atoms with Gasteiger partial charge in [-0.05, 0) is 25.2 Å². The molecule has 19 heavy (non-hydrogen) atoms. The van der Waals surface area contributed by atoms with Crippen molar-refractivity contribution in [2.24, 2.45) is 11.8 Å². The Labute approximate surface area is 113 Å². The second-order valence-corrected chi connectivity index (χ2v) is 5.93. The maximum Gasteiger partial charge on any atom is 0.407 e. The number of carboxylic acid groups (broad SMARTS) is 2. The molecule has 1 saturated heterocycles. The summed E-state index contributed by atoms with van der Waals surface area (Å²) in [5.74, 6) is -0.573. The smallest absolute Gasteiger partial charge is 0.407 e. The Hall–Kier alpha value is -1.26. The quantitative estimate of drug-likeness (QED) is 0.825. The highest BCUT2D eigenvalue weighted by molar-refractivity contribution is 5.71. The zero-order valence-electron chi connectivity index (χ0n) is 11.3. The third kappa shape index (κ3) is 3.61. The highest BCUT2D eigenvalue weighted by Gasteiger charge is 2.35. The van der Waals surface area contributed by atoms with E-state index in [9.17, 15) is 14.7 Å². The first-order valence-electron chi connectivity index (χ1n) is 7.30. The summed E-state index contributed by atoms with van der Waals surface area (Å²) in [5.41, 5.74) is 0. The van der Waals surface area contributed by atoms with Crippen molar-refractivity contribution in [1.29, 1.82) is 0 Å². The molecule has 2 atom stereocenters. The van der Waals surface area contributed by atoms with Crippen LogP contribution in [0.4, 0.5) is 4.79 Å². The largest absolute Gasteiger partial charge is 0.481 e. The van der Waals surface area contributed by atoms with Crippen LogP contribution in [0.3, 0.4) is 0 Å². The van der Waals surface area contributed by atoms with Crippen LogP contribution in [0, 0.1) is 11.8 Å². The van der Waals surface area contributed by atoms with Gasteiger partial charge in [-0.3, -0.25) is 4.79 Å². The molecule has 0 spiro atoms. The van der Waals surface area contributed by atoms with Gasteiger partial charge in [0.05, 0.1) is 5.92 Å². The molecule has 0 aromatic heterocycles. The zero-order chi connectivity index (χ0) is 13.8. The normalized spacial score (nSPS) is 29.2. The summed E-state index contributed by atoms with van der Waals surface area (Å²) in [7, 11) is 0. The molecule has 0 aromatic carbocycles. The number of rotatable bonds is 3. The van der Waals surface area contributed by atoms with Gasteiger partial charge in [-0.25, -0.2) is 4.79 Å². The molecule has 1 saturated carbocycles.